The Labute approximate surface area is 130 Å². The van der Waals surface area contributed by atoms with Crippen LogP contribution >= 0.6 is 11.8 Å². The first-order valence-electron chi connectivity index (χ1n) is 6.78. The summed E-state index contributed by atoms with van der Waals surface area (Å²) >= 11 is 1.74. The maximum absolute atomic E-state index is 11.8. The molecule has 0 aromatic heterocycles. The van der Waals surface area contributed by atoms with Gasteiger partial charge in [0, 0.05) is 36.8 Å². The topological polar surface area (TPSA) is 32.3 Å². The lowest BCUT2D eigenvalue weighted by Crippen LogP contribution is -2.21. The van der Waals surface area contributed by atoms with Crippen LogP contribution in [0, 0.1) is 0 Å². The molecular formula is C17H20N2OS. The van der Waals surface area contributed by atoms with E-state index in [0.29, 0.717) is 5.56 Å². The summed E-state index contributed by atoms with van der Waals surface area (Å²) in [5.74, 6) is 0.0224. The Hall–Kier alpha value is -1.94. The molecule has 0 spiro atoms. The van der Waals surface area contributed by atoms with Crippen LogP contribution in [0.2, 0.25) is 0 Å². The molecule has 110 valence electrons. The van der Waals surface area contributed by atoms with E-state index in [2.05, 4.69) is 35.8 Å². The van der Waals surface area contributed by atoms with Crippen molar-refractivity contribution < 1.29 is 4.79 Å². The van der Waals surface area contributed by atoms with Gasteiger partial charge < -0.3 is 10.2 Å². The van der Waals surface area contributed by atoms with Crippen molar-refractivity contribution in [3.8, 4) is 0 Å². The molecule has 0 atom stereocenters. The lowest BCUT2D eigenvalue weighted by Gasteiger charge is -2.11. The quantitative estimate of drug-likeness (QED) is 0.854. The molecule has 0 unspecified atom stereocenters. The van der Waals surface area contributed by atoms with Gasteiger partial charge in [0.2, 0.25) is 0 Å². The van der Waals surface area contributed by atoms with E-state index in [0.717, 1.165) is 12.2 Å². The molecule has 2 rings (SSSR count). The molecule has 0 aliphatic carbocycles. The molecule has 3 nitrogen and oxygen atoms in total. The summed E-state index contributed by atoms with van der Waals surface area (Å²) in [5, 5.41) is 3.36. The van der Waals surface area contributed by atoms with Crippen molar-refractivity contribution in [2.24, 2.45) is 0 Å². The van der Waals surface area contributed by atoms with Crippen molar-refractivity contribution in [2.75, 3.05) is 25.7 Å². The summed E-state index contributed by atoms with van der Waals surface area (Å²) in [6.07, 6.45) is 2.07. The normalized spacial score (nSPS) is 10.2. The number of nitrogens with one attached hydrogen (secondary N) is 1. The van der Waals surface area contributed by atoms with E-state index in [1.54, 1.807) is 30.8 Å². The molecule has 0 saturated carbocycles. The SMILES string of the molecule is CSc1ccc(CNc2ccc(C(=O)N(C)C)cc2)cc1. The minimum absolute atomic E-state index is 0.0224. The lowest BCUT2D eigenvalue weighted by molar-refractivity contribution is 0.0827. The molecule has 2 aromatic rings. The van der Waals surface area contributed by atoms with Gasteiger partial charge in [-0.05, 0) is 48.2 Å². The fraction of sp³-hybridized carbons (Fsp3) is 0.235. The van der Waals surface area contributed by atoms with Gasteiger partial charge in [0.05, 0.1) is 0 Å². The van der Waals surface area contributed by atoms with Crippen LogP contribution in [0.15, 0.2) is 53.4 Å². The first kappa shape index (κ1) is 15.4. The number of amides is 1. The highest BCUT2D eigenvalue weighted by Crippen LogP contribution is 2.16. The largest absolute Gasteiger partial charge is 0.381 e. The molecule has 1 amide bonds. The average Bonchev–Trinajstić information content (AvgIpc) is 2.53. The first-order chi connectivity index (χ1) is 10.1. The predicted molar refractivity (Wildman–Crippen MR) is 90.0 cm³/mol. The van der Waals surface area contributed by atoms with Crippen molar-refractivity contribution in [3.05, 3.63) is 59.7 Å². The molecule has 0 radical (unpaired) electrons. The van der Waals surface area contributed by atoms with E-state index in [4.69, 9.17) is 0 Å². The Morgan fingerprint density at radius 2 is 1.67 bits per heavy atom. The lowest BCUT2D eigenvalue weighted by atomic mass is 10.1. The number of carbonyl (C=O) groups excluding carboxylic acids is 1. The van der Waals surface area contributed by atoms with Crippen LogP contribution < -0.4 is 5.32 Å². The summed E-state index contributed by atoms with van der Waals surface area (Å²) in [4.78, 5) is 14.6. The van der Waals surface area contributed by atoms with Crippen molar-refractivity contribution in [3.63, 3.8) is 0 Å². The van der Waals surface area contributed by atoms with E-state index in [-0.39, 0.29) is 5.91 Å². The van der Waals surface area contributed by atoms with Crippen molar-refractivity contribution in [1.29, 1.82) is 0 Å². The van der Waals surface area contributed by atoms with Crippen LogP contribution in [0.4, 0.5) is 5.69 Å². The highest BCUT2D eigenvalue weighted by molar-refractivity contribution is 7.98. The van der Waals surface area contributed by atoms with Gasteiger partial charge in [0.1, 0.15) is 0 Å². The molecule has 0 heterocycles. The van der Waals surface area contributed by atoms with Crippen molar-refractivity contribution in [2.45, 2.75) is 11.4 Å². The molecule has 0 bridgehead atoms. The molecule has 0 saturated heterocycles. The molecule has 0 fully saturated rings. The van der Waals surface area contributed by atoms with E-state index in [1.807, 2.05) is 24.3 Å². The summed E-state index contributed by atoms with van der Waals surface area (Å²) in [6.45, 7) is 0.773. The van der Waals surface area contributed by atoms with Crippen LogP contribution in [0.25, 0.3) is 0 Å². The van der Waals surface area contributed by atoms with Gasteiger partial charge in [0.25, 0.3) is 5.91 Å². The molecule has 1 N–H and O–H groups in total. The van der Waals surface area contributed by atoms with Crippen LogP contribution in [-0.2, 0) is 6.54 Å². The maximum Gasteiger partial charge on any atom is 0.253 e. The zero-order valence-corrected chi connectivity index (χ0v) is 13.4. The standard InChI is InChI=1S/C17H20N2OS/c1-19(2)17(20)14-6-8-15(9-7-14)18-12-13-4-10-16(21-3)11-5-13/h4-11,18H,12H2,1-3H3. The van der Waals surface area contributed by atoms with E-state index in [1.165, 1.54) is 10.5 Å². The molecule has 2 aromatic carbocycles. The second-order valence-electron chi connectivity index (χ2n) is 4.98. The van der Waals surface area contributed by atoms with Crippen LogP contribution in [0.3, 0.4) is 0 Å². The zero-order valence-electron chi connectivity index (χ0n) is 12.6. The number of hydrogen-bond acceptors (Lipinski definition) is 3. The molecule has 21 heavy (non-hydrogen) atoms. The molecule has 0 aliphatic heterocycles. The van der Waals surface area contributed by atoms with E-state index >= 15 is 0 Å². The molecule has 0 aliphatic rings. The highest BCUT2D eigenvalue weighted by atomic mass is 32.2. The number of hydrogen-bond donors (Lipinski definition) is 1. The van der Waals surface area contributed by atoms with Crippen molar-refractivity contribution >= 4 is 23.4 Å². The summed E-state index contributed by atoms with van der Waals surface area (Å²) in [5.41, 5.74) is 2.95. The number of thioether (sulfide) groups is 1. The Bertz CT molecular complexity index is 591. The van der Waals surface area contributed by atoms with E-state index in [9.17, 15) is 4.79 Å². The van der Waals surface area contributed by atoms with Gasteiger partial charge in [-0.1, -0.05) is 12.1 Å². The minimum Gasteiger partial charge on any atom is -0.381 e. The van der Waals surface area contributed by atoms with Gasteiger partial charge in [-0.25, -0.2) is 0 Å². The number of anilines is 1. The average molecular weight is 300 g/mol. The third-order valence-corrected chi connectivity index (χ3v) is 3.94. The maximum atomic E-state index is 11.8. The Balaban J connectivity index is 1.95. The smallest absolute Gasteiger partial charge is 0.253 e. The van der Waals surface area contributed by atoms with Gasteiger partial charge >= 0.3 is 0 Å². The van der Waals surface area contributed by atoms with E-state index < -0.39 is 0 Å². The van der Waals surface area contributed by atoms with Crippen LogP contribution in [-0.4, -0.2) is 31.2 Å². The second kappa shape index (κ2) is 7.18. The zero-order chi connectivity index (χ0) is 15.2. The third kappa shape index (κ3) is 4.26. The number of carbonyl (C=O) groups is 1. The minimum atomic E-state index is 0.0224. The van der Waals surface area contributed by atoms with Gasteiger partial charge in [-0.3, -0.25) is 4.79 Å². The Morgan fingerprint density at radius 3 is 2.19 bits per heavy atom. The number of benzene rings is 2. The second-order valence-corrected chi connectivity index (χ2v) is 5.86. The van der Waals surface area contributed by atoms with Gasteiger partial charge in [-0.2, -0.15) is 0 Å². The van der Waals surface area contributed by atoms with Gasteiger partial charge in [0.15, 0.2) is 0 Å². The Kier molecular flexibility index (Phi) is 5.28. The van der Waals surface area contributed by atoms with Crippen LogP contribution in [0.1, 0.15) is 15.9 Å². The highest BCUT2D eigenvalue weighted by Gasteiger charge is 2.06. The summed E-state index contributed by atoms with van der Waals surface area (Å²) in [7, 11) is 3.51. The monoisotopic (exact) mass is 300 g/mol. The fourth-order valence-electron chi connectivity index (χ4n) is 1.94. The van der Waals surface area contributed by atoms with Gasteiger partial charge in [-0.15, -0.1) is 11.8 Å². The summed E-state index contributed by atoms with van der Waals surface area (Å²) < 4.78 is 0. The third-order valence-electron chi connectivity index (χ3n) is 3.19. The number of rotatable bonds is 5. The van der Waals surface area contributed by atoms with Crippen molar-refractivity contribution in [1.82, 2.24) is 4.90 Å². The summed E-state index contributed by atoms with van der Waals surface area (Å²) in [6, 6.07) is 16.1. The molecular weight excluding hydrogens is 280 g/mol. The molecule has 4 heteroatoms. The fourth-order valence-corrected chi connectivity index (χ4v) is 2.34. The Morgan fingerprint density at radius 1 is 1.05 bits per heavy atom. The van der Waals surface area contributed by atoms with Crippen LogP contribution in [0.5, 0.6) is 0 Å². The predicted octanol–water partition coefficient (Wildman–Crippen LogP) is 3.72. The first-order valence-corrected chi connectivity index (χ1v) is 8.01. The number of nitrogens with zero attached hydrogens (tertiary/aromatic N) is 1.